The molecule has 2 N–H and O–H groups in total. The molecule has 124 valence electrons. The van der Waals surface area contributed by atoms with Gasteiger partial charge in [-0.1, -0.05) is 0 Å². The van der Waals surface area contributed by atoms with Gasteiger partial charge in [0.25, 0.3) is 0 Å². The zero-order chi connectivity index (χ0) is 14.4. The standard InChI is InChI=1S/C14H27N3O2S.HI/c1-3-15-13(16-10-14(18)5-7-20-11-14)17-6-4-12(8-17)9-19-2;/h12,18H,3-11H2,1-2H3,(H,15,16);1H. The lowest BCUT2D eigenvalue weighted by Gasteiger charge is -2.24. The third kappa shape index (κ3) is 5.76. The van der Waals surface area contributed by atoms with Crippen molar-refractivity contribution in [2.24, 2.45) is 10.9 Å². The third-order valence-electron chi connectivity index (χ3n) is 3.93. The molecule has 5 nitrogen and oxygen atoms in total. The van der Waals surface area contributed by atoms with Crippen LogP contribution >= 0.6 is 35.7 Å². The summed E-state index contributed by atoms with van der Waals surface area (Å²) in [5, 5.41) is 13.7. The maximum absolute atomic E-state index is 10.4. The van der Waals surface area contributed by atoms with E-state index in [1.165, 1.54) is 0 Å². The summed E-state index contributed by atoms with van der Waals surface area (Å²) >= 11 is 1.82. The van der Waals surface area contributed by atoms with Crippen molar-refractivity contribution in [2.45, 2.75) is 25.4 Å². The Bertz CT molecular complexity index is 338. The van der Waals surface area contributed by atoms with E-state index in [0.717, 1.165) is 56.5 Å². The number of ether oxygens (including phenoxy) is 1. The molecule has 21 heavy (non-hydrogen) atoms. The van der Waals surface area contributed by atoms with Gasteiger partial charge >= 0.3 is 0 Å². The van der Waals surface area contributed by atoms with Crippen LogP contribution in [0.5, 0.6) is 0 Å². The quantitative estimate of drug-likeness (QED) is 0.393. The first-order valence-corrected chi connectivity index (χ1v) is 8.64. The average molecular weight is 429 g/mol. The molecule has 0 aromatic heterocycles. The van der Waals surface area contributed by atoms with E-state index in [1.54, 1.807) is 7.11 Å². The molecular formula is C14H28IN3O2S. The van der Waals surface area contributed by atoms with Crippen LogP contribution in [0, 0.1) is 5.92 Å². The Labute approximate surface area is 149 Å². The first-order valence-electron chi connectivity index (χ1n) is 7.49. The number of nitrogens with one attached hydrogen (secondary N) is 1. The lowest BCUT2D eigenvalue weighted by molar-refractivity contribution is 0.0776. The van der Waals surface area contributed by atoms with Crippen LogP contribution in [-0.2, 0) is 4.74 Å². The van der Waals surface area contributed by atoms with Crippen LogP contribution < -0.4 is 5.32 Å². The van der Waals surface area contributed by atoms with Crippen LogP contribution in [-0.4, -0.2) is 73.0 Å². The monoisotopic (exact) mass is 429 g/mol. The summed E-state index contributed by atoms with van der Waals surface area (Å²) in [5.74, 6) is 3.38. The highest BCUT2D eigenvalue weighted by Crippen LogP contribution is 2.28. The molecule has 2 saturated heterocycles. The van der Waals surface area contributed by atoms with E-state index in [4.69, 9.17) is 4.74 Å². The van der Waals surface area contributed by atoms with Gasteiger partial charge in [0.2, 0.25) is 0 Å². The Morgan fingerprint density at radius 1 is 1.57 bits per heavy atom. The summed E-state index contributed by atoms with van der Waals surface area (Å²) < 4.78 is 5.24. The van der Waals surface area contributed by atoms with Gasteiger partial charge in [0.05, 0.1) is 18.8 Å². The molecule has 0 aliphatic carbocycles. The largest absolute Gasteiger partial charge is 0.387 e. The van der Waals surface area contributed by atoms with Crippen LogP contribution in [0.3, 0.4) is 0 Å². The highest BCUT2D eigenvalue weighted by atomic mass is 127. The van der Waals surface area contributed by atoms with Gasteiger partial charge in [-0.3, -0.25) is 4.99 Å². The molecule has 0 amide bonds. The Balaban J connectivity index is 0.00000220. The number of aliphatic hydroxyl groups is 1. The molecule has 7 heteroatoms. The molecular weight excluding hydrogens is 401 g/mol. The van der Waals surface area contributed by atoms with Gasteiger partial charge in [-0.05, 0) is 25.5 Å². The molecule has 0 aromatic carbocycles. The smallest absolute Gasteiger partial charge is 0.194 e. The number of hydrogen-bond donors (Lipinski definition) is 2. The molecule has 2 fully saturated rings. The van der Waals surface area contributed by atoms with E-state index in [9.17, 15) is 5.11 Å². The van der Waals surface area contributed by atoms with Crippen LogP contribution in [0.4, 0.5) is 0 Å². The molecule has 0 saturated carbocycles. The summed E-state index contributed by atoms with van der Waals surface area (Å²) in [6.45, 7) is 6.28. The molecule has 0 bridgehead atoms. The minimum Gasteiger partial charge on any atom is -0.387 e. The zero-order valence-electron chi connectivity index (χ0n) is 13.0. The van der Waals surface area contributed by atoms with Crippen molar-refractivity contribution in [3.05, 3.63) is 0 Å². The highest BCUT2D eigenvalue weighted by molar-refractivity contribution is 14.0. The van der Waals surface area contributed by atoms with E-state index < -0.39 is 5.60 Å². The van der Waals surface area contributed by atoms with E-state index in [1.807, 2.05) is 11.8 Å². The van der Waals surface area contributed by atoms with Gasteiger partial charge < -0.3 is 20.1 Å². The Kier molecular flexibility index (Phi) is 8.66. The molecule has 2 heterocycles. The normalized spacial score (nSPS) is 29.6. The number of guanidine groups is 1. The molecule has 0 spiro atoms. The van der Waals surface area contributed by atoms with Crippen LogP contribution in [0.25, 0.3) is 0 Å². The first kappa shape index (κ1) is 19.3. The molecule has 2 unspecified atom stereocenters. The number of halogens is 1. The van der Waals surface area contributed by atoms with Crippen molar-refractivity contribution in [3.63, 3.8) is 0 Å². The lowest BCUT2D eigenvalue weighted by Crippen LogP contribution is -2.42. The fourth-order valence-corrected chi connectivity index (χ4v) is 4.05. The lowest BCUT2D eigenvalue weighted by atomic mass is 10.1. The average Bonchev–Trinajstić information content (AvgIpc) is 3.05. The highest BCUT2D eigenvalue weighted by Gasteiger charge is 2.32. The minimum atomic E-state index is -0.600. The predicted octanol–water partition coefficient (Wildman–Crippen LogP) is 1.41. The molecule has 2 aliphatic rings. The minimum absolute atomic E-state index is 0. The van der Waals surface area contributed by atoms with E-state index >= 15 is 0 Å². The third-order valence-corrected chi connectivity index (χ3v) is 5.16. The number of rotatable bonds is 5. The summed E-state index contributed by atoms with van der Waals surface area (Å²) in [6.07, 6.45) is 2.01. The van der Waals surface area contributed by atoms with Crippen molar-refractivity contribution in [3.8, 4) is 0 Å². The molecule has 2 rings (SSSR count). The second-order valence-corrected chi connectivity index (χ2v) is 6.86. The van der Waals surface area contributed by atoms with Gasteiger partial charge in [-0.2, -0.15) is 11.8 Å². The number of thioether (sulfide) groups is 1. The number of nitrogens with zero attached hydrogens (tertiary/aromatic N) is 2. The topological polar surface area (TPSA) is 57.1 Å². The number of hydrogen-bond acceptors (Lipinski definition) is 4. The van der Waals surface area contributed by atoms with Crippen LogP contribution in [0.15, 0.2) is 4.99 Å². The predicted molar refractivity (Wildman–Crippen MR) is 99.8 cm³/mol. The second-order valence-electron chi connectivity index (χ2n) is 5.75. The summed E-state index contributed by atoms with van der Waals surface area (Å²) in [6, 6.07) is 0. The summed E-state index contributed by atoms with van der Waals surface area (Å²) in [7, 11) is 1.76. The maximum atomic E-state index is 10.4. The maximum Gasteiger partial charge on any atom is 0.194 e. The summed E-state index contributed by atoms with van der Waals surface area (Å²) in [5.41, 5.74) is -0.600. The number of aliphatic imine (C=N–C) groups is 1. The Morgan fingerprint density at radius 2 is 2.38 bits per heavy atom. The van der Waals surface area contributed by atoms with Crippen molar-refractivity contribution in [1.29, 1.82) is 0 Å². The van der Waals surface area contributed by atoms with Gasteiger partial charge in [-0.15, -0.1) is 24.0 Å². The van der Waals surface area contributed by atoms with Gasteiger partial charge in [0.15, 0.2) is 5.96 Å². The van der Waals surface area contributed by atoms with Crippen molar-refractivity contribution >= 4 is 41.7 Å². The summed E-state index contributed by atoms with van der Waals surface area (Å²) in [4.78, 5) is 6.96. The second kappa shape index (κ2) is 9.42. The van der Waals surface area contributed by atoms with E-state index in [2.05, 4.69) is 22.1 Å². The van der Waals surface area contributed by atoms with Crippen molar-refractivity contribution in [1.82, 2.24) is 10.2 Å². The molecule has 2 atom stereocenters. The molecule has 0 aromatic rings. The van der Waals surface area contributed by atoms with Crippen LogP contribution in [0.1, 0.15) is 19.8 Å². The van der Waals surface area contributed by atoms with Crippen LogP contribution in [0.2, 0.25) is 0 Å². The Morgan fingerprint density at radius 3 is 3.00 bits per heavy atom. The molecule has 0 radical (unpaired) electrons. The van der Waals surface area contributed by atoms with Crippen molar-refractivity contribution in [2.75, 3.05) is 51.4 Å². The van der Waals surface area contributed by atoms with Crippen molar-refractivity contribution < 1.29 is 9.84 Å². The zero-order valence-corrected chi connectivity index (χ0v) is 16.2. The Hall–Kier alpha value is 0.270. The van der Waals surface area contributed by atoms with Gasteiger partial charge in [0, 0.05) is 38.4 Å². The SMILES string of the molecule is CCNC(=NCC1(O)CCSC1)N1CCC(COC)C1.I. The molecule has 2 aliphatic heterocycles. The van der Waals surface area contributed by atoms with Gasteiger partial charge in [0.1, 0.15) is 0 Å². The first-order chi connectivity index (χ1) is 9.67. The number of methoxy groups -OCH3 is 1. The number of likely N-dealkylation sites (tertiary alicyclic amines) is 1. The fraction of sp³-hybridized carbons (Fsp3) is 0.929. The van der Waals surface area contributed by atoms with E-state index in [-0.39, 0.29) is 24.0 Å². The fourth-order valence-electron chi connectivity index (χ4n) is 2.77. The van der Waals surface area contributed by atoms with Gasteiger partial charge in [-0.25, -0.2) is 0 Å². The van der Waals surface area contributed by atoms with E-state index in [0.29, 0.717) is 12.5 Å².